The van der Waals surface area contributed by atoms with Gasteiger partial charge >= 0.3 is 0 Å². The molecule has 0 bridgehead atoms. The molecule has 2 unspecified atom stereocenters. The van der Waals surface area contributed by atoms with Crippen molar-refractivity contribution in [3.8, 4) is 0 Å². The Hall–Kier alpha value is -0.0800. The number of nitrogens with one attached hydrogen (secondary N) is 1. The molecule has 1 aliphatic heterocycles. The molecule has 0 aromatic heterocycles. The van der Waals surface area contributed by atoms with Gasteiger partial charge in [0.2, 0.25) is 0 Å². The van der Waals surface area contributed by atoms with Gasteiger partial charge < -0.3 is 10.1 Å². The highest BCUT2D eigenvalue weighted by Crippen LogP contribution is 2.19. The zero-order valence-corrected chi connectivity index (χ0v) is 10.6. The van der Waals surface area contributed by atoms with Crippen molar-refractivity contribution in [2.45, 2.75) is 65.0 Å². The van der Waals surface area contributed by atoms with E-state index in [4.69, 9.17) is 4.74 Å². The van der Waals surface area contributed by atoms with Crippen LogP contribution in [0.5, 0.6) is 0 Å². The second-order valence-electron chi connectivity index (χ2n) is 5.10. The van der Waals surface area contributed by atoms with Gasteiger partial charge in [-0.05, 0) is 44.6 Å². The van der Waals surface area contributed by atoms with E-state index < -0.39 is 0 Å². The van der Waals surface area contributed by atoms with Crippen LogP contribution in [0.1, 0.15) is 52.9 Å². The molecular formula is C13H27NO. The number of rotatable bonds is 7. The van der Waals surface area contributed by atoms with Gasteiger partial charge in [0.25, 0.3) is 0 Å². The zero-order valence-electron chi connectivity index (χ0n) is 10.6. The Balaban J connectivity index is 2.17. The third-order valence-corrected chi connectivity index (χ3v) is 3.11. The van der Waals surface area contributed by atoms with E-state index in [-0.39, 0.29) is 0 Å². The largest absolute Gasteiger partial charge is 0.378 e. The minimum absolute atomic E-state index is 0.554. The summed E-state index contributed by atoms with van der Waals surface area (Å²) < 4.78 is 5.66. The second kappa shape index (κ2) is 7.24. The minimum Gasteiger partial charge on any atom is -0.378 e. The average Bonchev–Trinajstić information content (AvgIpc) is 2.66. The van der Waals surface area contributed by atoms with E-state index in [1.54, 1.807) is 0 Å². The van der Waals surface area contributed by atoms with E-state index in [9.17, 15) is 0 Å². The van der Waals surface area contributed by atoms with E-state index in [0.29, 0.717) is 12.1 Å². The highest BCUT2D eigenvalue weighted by Gasteiger charge is 2.17. The molecule has 0 amide bonds. The minimum atomic E-state index is 0.554. The van der Waals surface area contributed by atoms with Gasteiger partial charge in [-0.25, -0.2) is 0 Å². The lowest BCUT2D eigenvalue weighted by Crippen LogP contribution is -2.31. The molecule has 2 nitrogen and oxygen atoms in total. The van der Waals surface area contributed by atoms with E-state index in [2.05, 4.69) is 26.1 Å². The summed E-state index contributed by atoms with van der Waals surface area (Å²) in [5.41, 5.74) is 0. The Labute approximate surface area is 94.8 Å². The summed E-state index contributed by atoms with van der Waals surface area (Å²) in [5.74, 6) is 0.790. The maximum absolute atomic E-state index is 5.66. The van der Waals surface area contributed by atoms with E-state index in [0.717, 1.165) is 19.1 Å². The Morgan fingerprint density at radius 1 is 1.40 bits per heavy atom. The van der Waals surface area contributed by atoms with Crippen LogP contribution in [0.15, 0.2) is 0 Å². The summed E-state index contributed by atoms with van der Waals surface area (Å²) in [5, 5.41) is 3.58. The maximum Gasteiger partial charge on any atom is 0.0576 e. The first-order valence-electron chi connectivity index (χ1n) is 6.57. The van der Waals surface area contributed by atoms with Crippen LogP contribution in [-0.2, 0) is 4.74 Å². The second-order valence-corrected chi connectivity index (χ2v) is 5.10. The molecule has 2 heteroatoms. The lowest BCUT2D eigenvalue weighted by atomic mass is 9.97. The SMILES string of the molecule is CCNC(CCC1CCCO1)CC(C)C. The molecule has 1 fully saturated rings. The molecule has 0 saturated carbocycles. The van der Waals surface area contributed by atoms with Crippen LogP contribution >= 0.6 is 0 Å². The van der Waals surface area contributed by atoms with Crippen molar-refractivity contribution in [2.75, 3.05) is 13.2 Å². The van der Waals surface area contributed by atoms with Crippen LogP contribution in [0.3, 0.4) is 0 Å². The topological polar surface area (TPSA) is 21.3 Å². The molecule has 0 aliphatic carbocycles. The Bertz CT molecular complexity index is 153. The molecular weight excluding hydrogens is 186 g/mol. The van der Waals surface area contributed by atoms with E-state index >= 15 is 0 Å². The summed E-state index contributed by atoms with van der Waals surface area (Å²) >= 11 is 0. The number of hydrogen-bond donors (Lipinski definition) is 1. The monoisotopic (exact) mass is 213 g/mol. The van der Waals surface area contributed by atoms with Crippen LogP contribution in [0.4, 0.5) is 0 Å². The Morgan fingerprint density at radius 3 is 2.73 bits per heavy atom. The normalized spacial score (nSPS) is 23.6. The van der Waals surface area contributed by atoms with Crippen molar-refractivity contribution in [1.82, 2.24) is 5.32 Å². The molecule has 1 saturated heterocycles. The van der Waals surface area contributed by atoms with Gasteiger partial charge in [-0.2, -0.15) is 0 Å². The van der Waals surface area contributed by atoms with Gasteiger partial charge in [0.05, 0.1) is 6.10 Å². The maximum atomic E-state index is 5.66. The van der Waals surface area contributed by atoms with E-state index in [1.807, 2.05) is 0 Å². The molecule has 1 aliphatic rings. The lowest BCUT2D eigenvalue weighted by Gasteiger charge is -2.21. The molecule has 15 heavy (non-hydrogen) atoms. The fraction of sp³-hybridized carbons (Fsp3) is 1.00. The molecule has 0 radical (unpaired) electrons. The summed E-state index contributed by atoms with van der Waals surface area (Å²) in [7, 11) is 0. The van der Waals surface area contributed by atoms with E-state index in [1.165, 1.54) is 32.1 Å². The first kappa shape index (κ1) is 13.0. The molecule has 2 atom stereocenters. The highest BCUT2D eigenvalue weighted by atomic mass is 16.5. The molecule has 90 valence electrons. The predicted octanol–water partition coefficient (Wildman–Crippen LogP) is 2.97. The summed E-state index contributed by atoms with van der Waals surface area (Å²) in [4.78, 5) is 0. The van der Waals surface area contributed by atoms with Crippen molar-refractivity contribution in [1.29, 1.82) is 0 Å². The van der Waals surface area contributed by atoms with Crippen molar-refractivity contribution >= 4 is 0 Å². The molecule has 0 aromatic rings. The third-order valence-electron chi connectivity index (χ3n) is 3.11. The third kappa shape index (κ3) is 5.53. The standard InChI is InChI=1S/C13H27NO/c1-4-14-12(10-11(2)3)7-8-13-6-5-9-15-13/h11-14H,4-10H2,1-3H3. The molecule has 0 aromatic carbocycles. The molecule has 1 N–H and O–H groups in total. The van der Waals surface area contributed by atoms with Crippen molar-refractivity contribution in [2.24, 2.45) is 5.92 Å². The van der Waals surface area contributed by atoms with Crippen LogP contribution in [0.2, 0.25) is 0 Å². The van der Waals surface area contributed by atoms with Gasteiger partial charge in [0.1, 0.15) is 0 Å². The quantitative estimate of drug-likeness (QED) is 0.702. The van der Waals surface area contributed by atoms with Crippen molar-refractivity contribution in [3.05, 3.63) is 0 Å². The molecule has 1 rings (SSSR count). The Morgan fingerprint density at radius 2 is 2.20 bits per heavy atom. The molecule has 1 heterocycles. The number of hydrogen-bond acceptors (Lipinski definition) is 2. The fourth-order valence-corrected chi connectivity index (χ4v) is 2.42. The first-order chi connectivity index (χ1) is 7.22. The predicted molar refractivity (Wildman–Crippen MR) is 65.1 cm³/mol. The molecule has 0 spiro atoms. The summed E-state index contributed by atoms with van der Waals surface area (Å²) in [6, 6.07) is 0.694. The first-order valence-corrected chi connectivity index (χ1v) is 6.57. The summed E-state index contributed by atoms with van der Waals surface area (Å²) in [6.45, 7) is 8.87. The average molecular weight is 213 g/mol. The van der Waals surface area contributed by atoms with Gasteiger partial charge in [-0.3, -0.25) is 0 Å². The van der Waals surface area contributed by atoms with Crippen LogP contribution in [0.25, 0.3) is 0 Å². The lowest BCUT2D eigenvalue weighted by molar-refractivity contribution is 0.0988. The van der Waals surface area contributed by atoms with Gasteiger partial charge in [-0.15, -0.1) is 0 Å². The fourth-order valence-electron chi connectivity index (χ4n) is 2.42. The van der Waals surface area contributed by atoms with Gasteiger partial charge in [-0.1, -0.05) is 20.8 Å². The van der Waals surface area contributed by atoms with Gasteiger partial charge in [0, 0.05) is 12.6 Å². The van der Waals surface area contributed by atoms with Crippen LogP contribution < -0.4 is 5.32 Å². The highest BCUT2D eigenvalue weighted by molar-refractivity contribution is 4.72. The zero-order chi connectivity index (χ0) is 11.1. The number of ether oxygens (including phenoxy) is 1. The van der Waals surface area contributed by atoms with Crippen molar-refractivity contribution < 1.29 is 4.74 Å². The van der Waals surface area contributed by atoms with Crippen LogP contribution in [-0.4, -0.2) is 25.3 Å². The van der Waals surface area contributed by atoms with Gasteiger partial charge in [0.15, 0.2) is 0 Å². The summed E-state index contributed by atoms with van der Waals surface area (Å²) in [6.07, 6.45) is 6.90. The smallest absolute Gasteiger partial charge is 0.0576 e. The Kier molecular flexibility index (Phi) is 6.26. The van der Waals surface area contributed by atoms with Crippen LogP contribution in [0, 0.1) is 5.92 Å². The van der Waals surface area contributed by atoms with Crippen molar-refractivity contribution in [3.63, 3.8) is 0 Å².